The van der Waals surface area contributed by atoms with Gasteiger partial charge in [0.25, 0.3) is 0 Å². The highest BCUT2D eigenvalue weighted by Gasteiger charge is 2.48. The fourth-order valence-electron chi connectivity index (χ4n) is 5.43. The molecule has 0 aromatic heterocycles. The Morgan fingerprint density at radius 1 is 1.00 bits per heavy atom. The van der Waals surface area contributed by atoms with E-state index in [9.17, 15) is 4.79 Å². The second-order valence-corrected chi connectivity index (χ2v) is 9.61. The highest BCUT2D eigenvalue weighted by Crippen LogP contribution is 2.51. The molecule has 3 aromatic rings. The van der Waals surface area contributed by atoms with Crippen LogP contribution in [0.1, 0.15) is 48.1 Å². The third-order valence-electron chi connectivity index (χ3n) is 6.90. The maximum Gasteiger partial charge on any atom is 0.227 e. The third kappa shape index (κ3) is 3.55. The summed E-state index contributed by atoms with van der Waals surface area (Å²) in [6.07, 6.45) is 5.48. The molecule has 1 aliphatic heterocycles. The monoisotopic (exact) mass is 471 g/mol. The van der Waals surface area contributed by atoms with Crippen LogP contribution in [0.25, 0.3) is 0 Å². The SMILES string of the molecule is C[C@H](c1ccccc1)N1C(=O)CC[C@@]2(Cc3ccccc3)C1=CCc1cc(Br)ccc12. The molecule has 2 aliphatic rings. The summed E-state index contributed by atoms with van der Waals surface area (Å²) in [5, 5.41) is 0. The van der Waals surface area contributed by atoms with E-state index in [1.165, 1.54) is 28.0 Å². The first-order chi connectivity index (χ1) is 15.1. The van der Waals surface area contributed by atoms with Gasteiger partial charge < -0.3 is 4.90 Å². The Kier molecular flexibility index (Phi) is 5.31. The number of nitrogens with zero attached hydrogens (tertiary/aromatic N) is 1. The van der Waals surface area contributed by atoms with Crippen molar-refractivity contribution in [1.82, 2.24) is 4.90 Å². The van der Waals surface area contributed by atoms with Crippen molar-refractivity contribution in [3.63, 3.8) is 0 Å². The standard InChI is InChI=1S/C28H26BrNO/c1-20(22-10-6-3-7-11-22)30-26-15-12-23-18-24(29)13-14-25(23)28(26,17-16-27(30)31)19-21-8-4-2-5-9-21/h2-11,13-15,18,20H,12,16-17,19H2,1H3/t20-,28+/m1/s1. The lowest BCUT2D eigenvalue weighted by atomic mass is 9.63. The number of rotatable bonds is 4. The molecular weight excluding hydrogens is 446 g/mol. The average Bonchev–Trinajstić information content (AvgIpc) is 2.80. The number of piperidine rings is 1. The number of likely N-dealkylation sites (tertiary alicyclic amines) is 1. The Bertz CT molecular complexity index is 1140. The van der Waals surface area contributed by atoms with Crippen molar-refractivity contribution in [3.05, 3.63) is 117 Å². The predicted molar refractivity (Wildman–Crippen MR) is 129 cm³/mol. The molecule has 1 saturated heterocycles. The minimum atomic E-state index is -0.188. The van der Waals surface area contributed by atoms with E-state index in [1.807, 2.05) is 6.07 Å². The fraction of sp³-hybridized carbons (Fsp3) is 0.250. The molecule has 3 aromatic carbocycles. The van der Waals surface area contributed by atoms with Crippen LogP contribution >= 0.6 is 15.9 Å². The lowest BCUT2D eigenvalue weighted by Gasteiger charge is -2.50. The molecule has 3 heteroatoms. The number of hydrogen-bond donors (Lipinski definition) is 0. The average molecular weight is 472 g/mol. The van der Waals surface area contributed by atoms with E-state index in [2.05, 4.69) is 107 Å². The van der Waals surface area contributed by atoms with Gasteiger partial charge in [-0.3, -0.25) is 4.79 Å². The van der Waals surface area contributed by atoms with Gasteiger partial charge in [-0.05, 0) is 60.6 Å². The zero-order valence-electron chi connectivity index (χ0n) is 17.7. The molecule has 2 nitrogen and oxygen atoms in total. The zero-order chi connectivity index (χ0) is 21.4. The lowest BCUT2D eigenvalue weighted by Crippen LogP contribution is -2.50. The Labute approximate surface area is 192 Å². The number of halogens is 1. The Hall–Kier alpha value is -2.65. The molecule has 0 spiro atoms. The van der Waals surface area contributed by atoms with Gasteiger partial charge in [0.1, 0.15) is 0 Å². The van der Waals surface area contributed by atoms with Gasteiger partial charge in [-0.1, -0.05) is 88.7 Å². The van der Waals surface area contributed by atoms with Gasteiger partial charge in [-0.2, -0.15) is 0 Å². The minimum absolute atomic E-state index is 0.00685. The number of benzene rings is 3. The van der Waals surface area contributed by atoms with Crippen LogP contribution in [-0.2, 0) is 23.1 Å². The molecule has 2 atom stereocenters. The van der Waals surface area contributed by atoms with Crippen LogP contribution in [0.3, 0.4) is 0 Å². The van der Waals surface area contributed by atoms with Crippen molar-refractivity contribution in [2.45, 2.75) is 44.1 Å². The summed E-state index contributed by atoms with van der Waals surface area (Å²) in [6, 6.07) is 27.8. The summed E-state index contributed by atoms with van der Waals surface area (Å²) in [4.78, 5) is 15.4. The smallest absolute Gasteiger partial charge is 0.227 e. The molecule has 0 unspecified atom stereocenters. The summed E-state index contributed by atoms with van der Waals surface area (Å²) >= 11 is 3.65. The van der Waals surface area contributed by atoms with Gasteiger partial charge in [0.05, 0.1) is 6.04 Å². The van der Waals surface area contributed by atoms with E-state index in [1.54, 1.807) is 0 Å². The molecule has 0 saturated carbocycles. The molecule has 0 radical (unpaired) electrons. The first-order valence-electron chi connectivity index (χ1n) is 11.0. The third-order valence-corrected chi connectivity index (χ3v) is 7.39. The van der Waals surface area contributed by atoms with E-state index < -0.39 is 0 Å². The van der Waals surface area contributed by atoms with E-state index in [4.69, 9.17) is 0 Å². The van der Waals surface area contributed by atoms with Gasteiger partial charge >= 0.3 is 0 Å². The summed E-state index contributed by atoms with van der Waals surface area (Å²) in [5.74, 6) is 0.229. The number of fused-ring (bicyclic) bond motifs is 3. The number of carbonyl (C=O) groups excluding carboxylic acids is 1. The quantitative estimate of drug-likeness (QED) is 0.411. The minimum Gasteiger partial charge on any atom is -0.308 e. The maximum atomic E-state index is 13.3. The number of hydrogen-bond acceptors (Lipinski definition) is 1. The van der Waals surface area contributed by atoms with Gasteiger partial charge in [0.2, 0.25) is 5.91 Å². The largest absolute Gasteiger partial charge is 0.308 e. The van der Waals surface area contributed by atoms with Crippen molar-refractivity contribution in [2.24, 2.45) is 0 Å². The molecule has 1 heterocycles. The Morgan fingerprint density at radius 2 is 1.71 bits per heavy atom. The van der Waals surface area contributed by atoms with Crippen LogP contribution in [-0.4, -0.2) is 10.8 Å². The van der Waals surface area contributed by atoms with Gasteiger partial charge in [0, 0.05) is 22.0 Å². The fourth-order valence-corrected chi connectivity index (χ4v) is 5.84. The Morgan fingerprint density at radius 3 is 2.45 bits per heavy atom. The number of amides is 1. The van der Waals surface area contributed by atoms with E-state index >= 15 is 0 Å². The molecule has 5 rings (SSSR count). The van der Waals surface area contributed by atoms with E-state index in [0.717, 1.165) is 23.7 Å². The molecule has 31 heavy (non-hydrogen) atoms. The highest BCUT2D eigenvalue weighted by molar-refractivity contribution is 9.10. The van der Waals surface area contributed by atoms with Crippen LogP contribution in [0.5, 0.6) is 0 Å². The van der Waals surface area contributed by atoms with Crippen molar-refractivity contribution in [2.75, 3.05) is 0 Å². The first kappa shape index (κ1) is 20.3. The van der Waals surface area contributed by atoms with Crippen LogP contribution < -0.4 is 0 Å². The molecule has 1 fully saturated rings. The van der Waals surface area contributed by atoms with Crippen LogP contribution in [0.2, 0.25) is 0 Å². The van der Waals surface area contributed by atoms with Crippen LogP contribution in [0.15, 0.2) is 95.1 Å². The summed E-state index contributed by atoms with van der Waals surface area (Å²) in [5.41, 5.74) is 6.20. The molecule has 0 bridgehead atoms. The van der Waals surface area contributed by atoms with Crippen molar-refractivity contribution in [1.29, 1.82) is 0 Å². The zero-order valence-corrected chi connectivity index (χ0v) is 19.3. The lowest BCUT2D eigenvalue weighted by molar-refractivity contribution is -0.134. The van der Waals surface area contributed by atoms with Crippen LogP contribution in [0.4, 0.5) is 0 Å². The number of allylic oxidation sites excluding steroid dienone is 2. The highest BCUT2D eigenvalue weighted by atomic mass is 79.9. The Balaban J connectivity index is 1.65. The van der Waals surface area contributed by atoms with E-state index in [-0.39, 0.29) is 17.4 Å². The molecule has 1 amide bonds. The molecular formula is C28H26BrNO. The second-order valence-electron chi connectivity index (χ2n) is 8.69. The van der Waals surface area contributed by atoms with Crippen molar-refractivity contribution < 1.29 is 4.79 Å². The molecule has 1 aliphatic carbocycles. The number of carbonyl (C=O) groups is 1. The normalized spacial score (nSPS) is 21.2. The first-order valence-corrected chi connectivity index (χ1v) is 11.8. The molecule has 156 valence electrons. The summed E-state index contributed by atoms with van der Waals surface area (Å²) in [7, 11) is 0. The summed E-state index contributed by atoms with van der Waals surface area (Å²) in [6.45, 7) is 2.16. The second kappa shape index (κ2) is 8.12. The summed E-state index contributed by atoms with van der Waals surface area (Å²) < 4.78 is 1.11. The maximum absolute atomic E-state index is 13.3. The van der Waals surface area contributed by atoms with Crippen molar-refractivity contribution >= 4 is 21.8 Å². The predicted octanol–water partition coefficient (Wildman–Crippen LogP) is 6.75. The molecule has 0 N–H and O–H groups in total. The van der Waals surface area contributed by atoms with Gasteiger partial charge in [0.15, 0.2) is 0 Å². The van der Waals surface area contributed by atoms with E-state index in [0.29, 0.717) is 6.42 Å². The van der Waals surface area contributed by atoms with Crippen LogP contribution in [0, 0.1) is 0 Å². The topological polar surface area (TPSA) is 20.3 Å². The van der Waals surface area contributed by atoms with Gasteiger partial charge in [-0.15, -0.1) is 0 Å². The van der Waals surface area contributed by atoms with Gasteiger partial charge in [-0.25, -0.2) is 0 Å². The van der Waals surface area contributed by atoms with Crippen molar-refractivity contribution in [3.8, 4) is 0 Å².